The normalized spacial score (nSPS) is 12.9. The number of benzene rings is 1. The second-order valence-electron chi connectivity index (χ2n) is 4.19. The molecule has 1 aromatic carbocycles. The van der Waals surface area contributed by atoms with Gasteiger partial charge in [-0.1, -0.05) is 23.3 Å². The Bertz CT molecular complexity index is 674. The molecule has 2 aromatic rings. The van der Waals surface area contributed by atoms with Crippen LogP contribution >= 0.6 is 11.3 Å². The third kappa shape index (κ3) is 2.07. The van der Waals surface area contributed by atoms with Crippen LogP contribution in [0.15, 0.2) is 40.8 Å². The highest BCUT2D eigenvalue weighted by molar-refractivity contribution is 7.12. The Kier molecular flexibility index (Phi) is 2.95. The van der Waals surface area contributed by atoms with E-state index in [1.165, 1.54) is 11.3 Å². The molecule has 0 N–H and O–H groups in total. The van der Waals surface area contributed by atoms with Gasteiger partial charge in [-0.05, 0) is 35.0 Å². The number of fused-ring (bicyclic) bond motifs is 1. The highest BCUT2D eigenvalue weighted by Gasteiger charge is 2.26. The van der Waals surface area contributed by atoms with Crippen molar-refractivity contribution in [3.63, 3.8) is 0 Å². The highest BCUT2D eigenvalue weighted by Crippen LogP contribution is 2.33. The zero-order valence-electron chi connectivity index (χ0n) is 9.98. The van der Waals surface area contributed by atoms with Crippen molar-refractivity contribution in [3.05, 3.63) is 56.6 Å². The largest absolute Gasteiger partial charge is 0.307 e. The lowest BCUT2D eigenvalue weighted by Crippen LogP contribution is -2.28. The molecule has 1 aliphatic heterocycles. The molecule has 2 heterocycles. The van der Waals surface area contributed by atoms with Crippen LogP contribution in [0, 0.1) is 0 Å². The van der Waals surface area contributed by atoms with Crippen molar-refractivity contribution >= 4 is 28.6 Å². The van der Waals surface area contributed by atoms with E-state index >= 15 is 0 Å². The molecule has 0 radical (unpaired) electrons. The van der Waals surface area contributed by atoms with Gasteiger partial charge >= 0.3 is 0 Å². The summed E-state index contributed by atoms with van der Waals surface area (Å²) in [7, 11) is 0. The highest BCUT2D eigenvalue weighted by atomic mass is 32.1. The van der Waals surface area contributed by atoms with Gasteiger partial charge in [0, 0.05) is 22.8 Å². The summed E-state index contributed by atoms with van der Waals surface area (Å²) in [5.74, 6) is 0.00633. The standard InChI is InChI=1S/C13H10N4OS/c14-16-15-10-4-3-9-5-6-17(11(9)8-10)13(18)12-2-1-7-19-12/h1-4,7-8H,5-6H2. The SMILES string of the molecule is [N-]=[N+]=Nc1ccc2c(c1)N(C(=O)c1cccs1)CC2. The van der Waals surface area contributed by atoms with Crippen LogP contribution in [0.3, 0.4) is 0 Å². The van der Waals surface area contributed by atoms with Crippen molar-refractivity contribution in [2.75, 3.05) is 11.4 Å². The van der Waals surface area contributed by atoms with Gasteiger partial charge in [-0.3, -0.25) is 4.79 Å². The van der Waals surface area contributed by atoms with Gasteiger partial charge in [0.15, 0.2) is 0 Å². The smallest absolute Gasteiger partial charge is 0.268 e. The average Bonchev–Trinajstić information content (AvgIpc) is 3.07. The lowest BCUT2D eigenvalue weighted by atomic mass is 10.1. The third-order valence-corrected chi connectivity index (χ3v) is 3.96. The maximum absolute atomic E-state index is 12.4. The van der Waals surface area contributed by atoms with E-state index in [2.05, 4.69) is 10.0 Å². The summed E-state index contributed by atoms with van der Waals surface area (Å²) in [6, 6.07) is 9.15. The Morgan fingerprint density at radius 1 is 1.42 bits per heavy atom. The Morgan fingerprint density at radius 2 is 2.32 bits per heavy atom. The number of hydrogen-bond donors (Lipinski definition) is 0. The van der Waals surface area contributed by atoms with Gasteiger partial charge in [0.05, 0.1) is 4.88 Å². The second kappa shape index (κ2) is 4.76. The van der Waals surface area contributed by atoms with Gasteiger partial charge in [0.2, 0.25) is 0 Å². The molecule has 0 aliphatic carbocycles. The zero-order valence-corrected chi connectivity index (χ0v) is 10.8. The predicted octanol–water partition coefficient (Wildman–Crippen LogP) is 3.89. The van der Waals surface area contributed by atoms with Gasteiger partial charge in [-0.25, -0.2) is 0 Å². The minimum atomic E-state index is 0.00633. The Balaban J connectivity index is 1.99. The molecule has 1 aromatic heterocycles. The first-order valence-corrected chi connectivity index (χ1v) is 6.71. The molecule has 0 unspecified atom stereocenters. The topological polar surface area (TPSA) is 69.1 Å². The molecular weight excluding hydrogens is 260 g/mol. The van der Waals surface area contributed by atoms with Crippen molar-refractivity contribution in [1.29, 1.82) is 0 Å². The summed E-state index contributed by atoms with van der Waals surface area (Å²) in [4.78, 5) is 17.6. The van der Waals surface area contributed by atoms with Gasteiger partial charge in [0.25, 0.3) is 5.91 Å². The zero-order chi connectivity index (χ0) is 13.2. The number of azide groups is 1. The van der Waals surface area contributed by atoms with Crippen LogP contribution in [0.1, 0.15) is 15.2 Å². The van der Waals surface area contributed by atoms with E-state index in [4.69, 9.17) is 5.53 Å². The molecule has 1 aliphatic rings. The Hall–Kier alpha value is -2.30. The summed E-state index contributed by atoms with van der Waals surface area (Å²) in [5.41, 5.74) is 11.0. The fourth-order valence-electron chi connectivity index (χ4n) is 2.23. The van der Waals surface area contributed by atoms with E-state index in [1.54, 1.807) is 17.0 Å². The van der Waals surface area contributed by atoms with Crippen molar-refractivity contribution < 1.29 is 4.79 Å². The number of anilines is 1. The lowest BCUT2D eigenvalue weighted by molar-refractivity contribution is 0.0993. The van der Waals surface area contributed by atoms with E-state index in [9.17, 15) is 4.79 Å². The fourth-order valence-corrected chi connectivity index (χ4v) is 2.90. The van der Waals surface area contributed by atoms with Crippen LogP contribution in [-0.4, -0.2) is 12.5 Å². The minimum absolute atomic E-state index is 0.00633. The van der Waals surface area contributed by atoms with Crippen LogP contribution in [0.2, 0.25) is 0 Å². The molecular formula is C13H10N4OS. The van der Waals surface area contributed by atoms with Crippen molar-refractivity contribution in [2.45, 2.75) is 6.42 Å². The molecule has 0 saturated carbocycles. The van der Waals surface area contributed by atoms with Gasteiger partial charge in [-0.2, -0.15) is 0 Å². The molecule has 6 heteroatoms. The van der Waals surface area contributed by atoms with Crippen molar-refractivity contribution in [1.82, 2.24) is 0 Å². The van der Waals surface area contributed by atoms with Gasteiger partial charge < -0.3 is 4.90 Å². The molecule has 1 amide bonds. The quantitative estimate of drug-likeness (QED) is 0.463. The molecule has 0 spiro atoms. The minimum Gasteiger partial charge on any atom is -0.307 e. The lowest BCUT2D eigenvalue weighted by Gasteiger charge is -2.16. The van der Waals surface area contributed by atoms with Crippen LogP contribution in [0.25, 0.3) is 10.4 Å². The van der Waals surface area contributed by atoms with E-state index in [-0.39, 0.29) is 5.91 Å². The summed E-state index contributed by atoms with van der Waals surface area (Å²) >= 11 is 1.43. The molecule has 0 atom stereocenters. The number of hydrogen-bond acceptors (Lipinski definition) is 3. The summed E-state index contributed by atoms with van der Waals surface area (Å²) < 4.78 is 0. The van der Waals surface area contributed by atoms with E-state index in [0.717, 1.165) is 22.5 Å². The number of carbonyl (C=O) groups is 1. The van der Waals surface area contributed by atoms with Crippen molar-refractivity contribution in [2.24, 2.45) is 5.11 Å². The fraction of sp³-hybridized carbons (Fsp3) is 0.154. The van der Waals surface area contributed by atoms with Crippen LogP contribution in [-0.2, 0) is 6.42 Å². The predicted molar refractivity (Wildman–Crippen MR) is 74.9 cm³/mol. The number of thiophene rings is 1. The van der Waals surface area contributed by atoms with Crippen LogP contribution in [0.4, 0.5) is 11.4 Å². The maximum atomic E-state index is 12.4. The number of nitrogens with zero attached hydrogens (tertiary/aromatic N) is 4. The Morgan fingerprint density at radius 3 is 3.05 bits per heavy atom. The van der Waals surface area contributed by atoms with Crippen LogP contribution in [0.5, 0.6) is 0 Å². The van der Waals surface area contributed by atoms with E-state index in [1.807, 2.05) is 23.6 Å². The Labute approximate surface area is 113 Å². The maximum Gasteiger partial charge on any atom is 0.268 e. The third-order valence-electron chi connectivity index (χ3n) is 3.10. The molecule has 5 nitrogen and oxygen atoms in total. The van der Waals surface area contributed by atoms with E-state index in [0.29, 0.717) is 12.2 Å². The first-order chi connectivity index (χ1) is 9.29. The molecule has 19 heavy (non-hydrogen) atoms. The number of rotatable bonds is 2. The molecule has 3 rings (SSSR count). The van der Waals surface area contributed by atoms with Gasteiger partial charge in [-0.15, -0.1) is 11.3 Å². The second-order valence-corrected chi connectivity index (χ2v) is 5.13. The monoisotopic (exact) mass is 270 g/mol. The summed E-state index contributed by atoms with van der Waals surface area (Å²) in [6.45, 7) is 0.672. The first-order valence-electron chi connectivity index (χ1n) is 5.83. The number of amides is 1. The van der Waals surface area contributed by atoms with Gasteiger partial charge in [0.1, 0.15) is 0 Å². The molecule has 0 fully saturated rings. The summed E-state index contributed by atoms with van der Waals surface area (Å²) in [6.07, 6.45) is 0.836. The summed E-state index contributed by atoms with van der Waals surface area (Å²) in [5, 5.41) is 5.48. The molecule has 94 valence electrons. The molecule has 0 bridgehead atoms. The average molecular weight is 270 g/mol. The first kappa shape index (κ1) is 11.8. The number of carbonyl (C=O) groups excluding carboxylic acids is 1. The van der Waals surface area contributed by atoms with E-state index < -0.39 is 0 Å². The van der Waals surface area contributed by atoms with Crippen LogP contribution < -0.4 is 4.90 Å². The molecule has 0 saturated heterocycles. The van der Waals surface area contributed by atoms with Crippen molar-refractivity contribution in [3.8, 4) is 0 Å².